The van der Waals surface area contributed by atoms with Gasteiger partial charge in [0, 0.05) is 17.7 Å². The van der Waals surface area contributed by atoms with Crippen LogP contribution in [-0.4, -0.2) is 21.9 Å². The van der Waals surface area contributed by atoms with E-state index in [9.17, 15) is 4.79 Å². The van der Waals surface area contributed by atoms with E-state index < -0.39 is 5.76 Å². The van der Waals surface area contributed by atoms with Crippen LogP contribution < -0.4 is 5.76 Å². The van der Waals surface area contributed by atoms with Crippen LogP contribution in [0, 0.1) is 6.92 Å². The summed E-state index contributed by atoms with van der Waals surface area (Å²) >= 11 is 5.88. The van der Waals surface area contributed by atoms with Crippen molar-refractivity contribution < 1.29 is 13.6 Å². The molecule has 0 unspecified atom stereocenters. The van der Waals surface area contributed by atoms with E-state index in [1.54, 1.807) is 12.1 Å². The highest BCUT2D eigenvalue weighted by atomic mass is 35.5. The molecule has 0 atom stereocenters. The standard InChI is InChI=1S/C15H14ClN3O4/c1-9-14(10-3-5-11(16)6-4-10)22-12(17-9)7-19-15(20)23-13(18-19)8-21-2/h3-6H,7-8H2,1-2H3. The fourth-order valence-electron chi connectivity index (χ4n) is 2.15. The lowest BCUT2D eigenvalue weighted by molar-refractivity contribution is 0.158. The van der Waals surface area contributed by atoms with Crippen LogP contribution in [0.15, 0.2) is 37.9 Å². The van der Waals surface area contributed by atoms with Crippen LogP contribution in [0.1, 0.15) is 17.5 Å². The molecule has 2 heterocycles. The molecule has 7 nitrogen and oxygen atoms in total. The van der Waals surface area contributed by atoms with Crippen LogP contribution >= 0.6 is 11.6 Å². The van der Waals surface area contributed by atoms with Crippen molar-refractivity contribution in [3.05, 3.63) is 57.3 Å². The number of aromatic nitrogens is 3. The first-order valence-electron chi connectivity index (χ1n) is 6.85. The molecule has 0 aliphatic carbocycles. The van der Waals surface area contributed by atoms with Gasteiger partial charge in [-0.2, -0.15) is 4.68 Å². The van der Waals surface area contributed by atoms with E-state index in [0.29, 0.717) is 16.7 Å². The van der Waals surface area contributed by atoms with E-state index >= 15 is 0 Å². The van der Waals surface area contributed by atoms with Crippen LogP contribution in [0.4, 0.5) is 0 Å². The molecular formula is C15H14ClN3O4. The predicted molar refractivity (Wildman–Crippen MR) is 82.3 cm³/mol. The van der Waals surface area contributed by atoms with Gasteiger partial charge >= 0.3 is 5.76 Å². The van der Waals surface area contributed by atoms with E-state index in [2.05, 4.69) is 10.1 Å². The van der Waals surface area contributed by atoms with Crippen molar-refractivity contribution in [1.82, 2.24) is 14.8 Å². The fraction of sp³-hybridized carbons (Fsp3) is 0.267. The molecular weight excluding hydrogens is 322 g/mol. The van der Waals surface area contributed by atoms with E-state index in [4.69, 9.17) is 25.2 Å². The first kappa shape index (κ1) is 15.5. The van der Waals surface area contributed by atoms with Crippen LogP contribution in [0.25, 0.3) is 11.3 Å². The zero-order valence-corrected chi connectivity index (χ0v) is 13.3. The van der Waals surface area contributed by atoms with Crippen molar-refractivity contribution >= 4 is 11.6 Å². The van der Waals surface area contributed by atoms with Crippen molar-refractivity contribution in [1.29, 1.82) is 0 Å². The Morgan fingerprint density at radius 3 is 2.65 bits per heavy atom. The Hall–Kier alpha value is -2.38. The van der Waals surface area contributed by atoms with Gasteiger partial charge in [-0.25, -0.2) is 9.78 Å². The minimum absolute atomic E-state index is 0.0838. The fourth-order valence-corrected chi connectivity index (χ4v) is 2.27. The molecule has 0 radical (unpaired) electrons. The van der Waals surface area contributed by atoms with Gasteiger partial charge < -0.3 is 13.6 Å². The first-order chi connectivity index (χ1) is 11.1. The molecule has 8 heteroatoms. The third-order valence-electron chi connectivity index (χ3n) is 3.15. The Morgan fingerprint density at radius 1 is 1.22 bits per heavy atom. The van der Waals surface area contributed by atoms with Gasteiger partial charge in [0.15, 0.2) is 5.76 Å². The Kier molecular flexibility index (Phi) is 4.31. The quantitative estimate of drug-likeness (QED) is 0.712. The number of hydrogen-bond donors (Lipinski definition) is 0. The number of oxazole rings is 1. The molecule has 0 N–H and O–H groups in total. The summed E-state index contributed by atoms with van der Waals surface area (Å²) in [4.78, 5) is 16.0. The lowest BCUT2D eigenvalue weighted by Gasteiger charge is -1.97. The number of ether oxygens (including phenoxy) is 1. The topological polar surface area (TPSA) is 83.3 Å². The normalized spacial score (nSPS) is 11.1. The molecule has 0 saturated carbocycles. The molecule has 3 aromatic rings. The number of nitrogens with zero attached hydrogens (tertiary/aromatic N) is 3. The zero-order valence-electron chi connectivity index (χ0n) is 12.6. The summed E-state index contributed by atoms with van der Waals surface area (Å²) in [6.07, 6.45) is 0. The molecule has 0 spiro atoms. The SMILES string of the molecule is COCc1nn(Cc2nc(C)c(-c3ccc(Cl)cc3)o2)c(=O)o1. The number of hydrogen-bond acceptors (Lipinski definition) is 6. The number of halogens is 1. The third-order valence-corrected chi connectivity index (χ3v) is 3.40. The molecule has 0 aliphatic rings. The Morgan fingerprint density at radius 2 is 1.96 bits per heavy atom. The maximum atomic E-state index is 11.7. The van der Waals surface area contributed by atoms with Crippen molar-refractivity contribution in [3.8, 4) is 11.3 Å². The highest BCUT2D eigenvalue weighted by molar-refractivity contribution is 6.30. The lowest BCUT2D eigenvalue weighted by atomic mass is 10.1. The molecule has 23 heavy (non-hydrogen) atoms. The summed E-state index contributed by atoms with van der Waals surface area (Å²) in [6.45, 7) is 2.04. The summed E-state index contributed by atoms with van der Waals surface area (Å²) in [7, 11) is 1.49. The zero-order chi connectivity index (χ0) is 16.4. The number of rotatable bonds is 5. The number of aryl methyl sites for hydroxylation is 1. The highest BCUT2D eigenvalue weighted by Gasteiger charge is 2.15. The van der Waals surface area contributed by atoms with Crippen LogP contribution in [-0.2, 0) is 17.9 Å². The van der Waals surface area contributed by atoms with E-state index in [0.717, 1.165) is 15.9 Å². The van der Waals surface area contributed by atoms with Crippen molar-refractivity contribution in [2.24, 2.45) is 0 Å². The average Bonchev–Trinajstić information content (AvgIpc) is 3.04. The molecule has 0 fully saturated rings. The molecule has 3 rings (SSSR count). The second-order valence-corrected chi connectivity index (χ2v) is 5.32. The van der Waals surface area contributed by atoms with Gasteiger partial charge in [0.2, 0.25) is 11.8 Å². The van der Waals surface area contributed by atoms with Crippen molar-refractivity contribution in [2.45, 2.75) is 20.1 Å². The monoisotopic (exact) mass is 335 g/mol. The van der Waals surface area contributed by atoms with Crippen molar-refractivity contribution in [2.75, 3.05) is 7.11 Å². The Labute approximate surface area is 136 Å². The lowest BCUT2D eigenvalue weighted by Crippen LogP contribution is -2.16. The maximum absolute atomic E-state index is 11.7. The predicted octanol–water partition coefficient (Wildman–Crippen LogP) is 2.65. The smallest absolute Gasteiger partial charge is 0.437 e. The summed E-state index contributed by atoms with van der Waals surface area (Å²) in [5.41, 5.74) is 1.58. The van der Waals surface area contributed by atoms with Gasteiger partial charge in [0.25, 0.3) is 0 Å². The van der Waals surface area contributed by atoms with E-state index in [-0.39, 0.29) is 19.0 Å². The van der Waals surface area contributed by atoms with Crippen molar-refractivity contribution in [3.63, 3.8) is 0 Å². The van der Waals surface area contributed by atoms with Gasteiger partial charge in [-0.05, 0) is 31.2 Å². The summed E-state index contributed by atoms with van der Waals surface area (Å²) in [5.74, 6) is 0.622. The van der Waals surface area contributed by atoms with E-state index in [1.807, 2.05) is 19.1 Å². The van der Waals surface area contributed by atoms with Crippen LogP contribution in [0.5, 0.6) is 0 Å². The summed E-state index contributed by atoms with van der Waals surface area (Å²) in [6, 6.07) is 7.24. The minimum atomic E-state index is -0.582. The molecule has 0 saturated heterocycles. The van der Waals surface area contributed by atoms with Gasteiger partial charge in [-0.15, -0.1) is 5.10 Å². The average molecular weight is 336 g/mol. The van der Waals surface area contributed by atoms with Crippen LogP contribution in [0.2, 0.25) is 5.02 Å². The Bertz CT molecular complexity index is 864. The maximum Gasteiger partial charge on any atom is 0.437 e. The number of benzene rings is 1. The molecule has 0 aliphatic heterocycles. The summed E-state index contributed by atoms with van der Waals surface area (Å²) < 4.78 is 16.7. The second-order valence-electron chi connectivity index (χ2n) is 4.88. The van der Waals surface area contributed by atoms with Gasteiger partial charge in [0.05, 0.1) is 5.69 Å². The van der Waals surface area contributed by atoms with Gasteiger partial charge in [-0.1, -0.05) is 11.6 Å². The van der Waals surface area contributed by atoms with Crippen LogP contribution in [0.3, 0.4) is 0 Å². The summed E-state index contributed by atoms with van der Waals surface area (Å²) in [5, 5.41) is 4.66. The molecule has 0 amide bonds. The van der Waals surface area contributed by atoms with Gasteiger partial charge in [0.1, 0.15) is 13.2 Å². The second kappa shape index (κ2) is 6.39. The first-order valence-corrected chi connectivity index (χ1v) is 7.22. The van der Waals surface area contributed by atoms with E-state index in [1.165, 1.54) is 7.11 Å². The van der Waals surface area contributed by atoms with Gasteiger partial charge in [-0.3, -0.25) is 0 Å². The molecule has 1 aromatic carbocycles. The third kappa shape index (κ3) is 3.35. The Balaban J connectivity index is 1.86. The largest absolute Gasteiger partial charge is 0.438 e. The number of methoxy groups -OCH3 is 1. The minimum Gasteiger partial charge on any atom is -0.438 e. The molecule has 0 bridgehead atoms. The highest BCUT2D eigenvalue weighted by Crippen LogP contribution is 2.26. The molecule has 120 valence electrons. The molecule has 2 aromatic heterocycles.